The highest BCUT2D eigenvalue weighted by Crippen LogP contribution is 2.35. The Morgan fingerprint density at radius 3 is 2.38 bits per heavy atom. The van der Waals surface area contributed by atoms with Gasteiger partial charge in [-0.15, -0.1) is 0 Å². The second kappa shape index (κ2) is 6.46. The largest absolute Gasteiger partial charge is 0.326 e. The van der Waals surface area contributed by atoms with E-state index >= 15 is 0 Å². The molecule has 5 heteroatoms. The summed E-state index contributed by atoms with van der Waals surface area (Å²) in [4.78, 5) is 0. The first-order chi connectivity index (χ1) is 9.82. The van der Waals surface area contributed by atoms with Gasteiger partial charge in [0.15, 0.2) is 0 Å². The molecule has 1 saturated carbocycles. The van der Waals surface area contributed by atoms with Crippen molar-refractivity contribution >= 4 is 10.0 Å². The highest BCUT2D eigenvalue weighted by molar-refractivity contribution is 7.88. The van der Waals surface area contributed by atoms with Gasteiger partial charge in [0.1, 0.15) is 0 Å². The first kappa shape index (κ1) is 16.5. The molecule has 1 fully saturated rings. The van der Waals surface area contributed by atoms with Crippen molar-refractivity contribution in [2.24, 2.45) is 11.1 Å². The third kappa shape index (κ3) is 4.53. The van der Waals surface area contributed by atoms with E-state index in [2.05, 4.69) is 18.6 Å². The van der Waals surface area contributed by atoms with E-state index in [0.717, 1.165) is 30.4 Å². The number of nitrogens with one attached hydrogen (secondary N) is 1. The zero-order valence-corrected chi connectivity index (χ0v) is 13.7. The summed E-state index contributed by atoms with van der Waals surface area (Å²) in [7, 11) is -3.31. The zero-order valence-electron chi connectivity index (χ0n) is 12.9. The van der Waals surface area contributed by atoms with Crippen molar-refractivity contribution in [3.8, 4) is 0 Å². The van der Waals surface area contributed by atoms with E-state index in [4.69, 9.17) is 5.73 Å². The van der Waals surface area contributed by atoms with Crippen molar-refractivity contribution in [3.05, 3.63) is 35.4 Å². The van der Waals surface area contributed by atoms with Crippen molar-refractivity contribution in [2.75, 3.05) is 0 Å². The molecule has 1 aliphatic rings. The van der Waals surface area contributed by atoms with Crippen LogP contribution in [0.4, 0.5) is 0 Å². The highest BCUT2D eigenvalue weighted by atomic mass is 32.2. The quantitative estimate of drug-likeness (QED) is 0.878. The molecule has 4 nitrogen and oxygen atoms in total. The highest BCUT2D eigenvalue weighted by Gasteiger charge is 2.34. The zero-order chi connectivity index (χ0) is 15.5. The predicted molar refractivity (Wildman–Crippen MR) is 86.1 cm³/mol. The lowest BCUT2D eigenvalue weighted by Crippen LogP contribution is -2.47. The Hall–Kier alpha value is -0.910. The molecule has 1 unspecified atom stereocenters. The van der Waals surface area contributed by atoms with Crippen LogP contribution < -0.4 is 10.5 Å². The fraction of sp³-hybridized carbons (Fsp3) is 0.625. The van der Waals surface area contributed by atoms with Crippen LogP contribution in [0.3, 0.4) is 0 Å². The van der Waals surface area contributed by atoms with Gasteiger partial charge in [0.05, 0.1) is 5.75 Å². The molecule has 0 spiro atoms. The molecule has 1 aromatic rings. The minimum Gasteiger partial charge on any atom is -0.326 e. The molecule has 3 N–H and O–H groups in total. The van der Waals surface area contributed by atoms with Gasteiger partial charge in [0, 0.05) is 12.6 Å². The van der Waals surface area contributed by atoms with Gasteiger partial charge < -0.3 is 5.73 Å². The number of sulfonamides is 1. The van der Waals surface area contributed by atoms with E-state index in [1.807, 2.05) is 24.3 Å². The molecule has 1 aliphatic carbocycles. The van der Waals surface area contributed by atoms with Crippen LogP contribution in [0.25, 0.3) is 0 Å². The fourth-order valence-electron chi connectivity index (χ4n) is 2.96. The van der Waals surface area contributed by atoms with Gasteiger partial charge in [-0.2, -0.15) is 0 Å². The molecule has 1 aromatic carbocycles. The molecule has 118 valence electrons. The molecular formula is C16H26N2O2S. The minimum absolute atomic E-state index is 0.0322. The average molecular weight is 310 g/mol. The standard InChI is InChI=1S/C16H26N2O2S/c1-16(2)10-4-3-5-15(16)18-21(19,20)12-14-8-6-13(11-17)7-9-14/h6-9,15,18H,3-5,10-12,17H2,1-2H3. The monoisotopic (exact) mass is 310 g/mol. The van der Waals surface area contributed by atoms with E-state index in [9.17, 15) is 8.42 Å². The first-order valence-corrected chi connectivity index (χ1v) is 9.25. The third-order valence-corrected chi connectivity index (χ3v) is 5.80. The Morgan fingerprint density at radius 1 is 1.19 bits per heavy atom. The summed E-state index contributed by atoms with van der Waals surface area (Å²) in [5, 5.41) is 0. The maximum Gasteiger partial charge on any atom is 0.216 e. The fourth-order valence-corrected chi connectivity index (χ4v) is 4.55. The van der Waals surface area contributed by atoms with Crippen molar-refractivity contribution in [2.45, 2.75) is 57.9 Å². The lowest BCUT2D eigenvalue weighted by Gasteiger charge is -2.38. The second-order valence-corrected chi connectivity index (χ2v) is 8.44. The van der Waals surface area contributed by atoms with Crippen LogP contribution in [-0.2, 0) is 22.3 Å². The summed E-state index contributed by atoms with van der Waals surface area (Å²) in [6.07, 6.45) is 4.29. The first-order valence-electron chi connectivity index (χ1n) is 7.60. The molecular weight excluding hydrogens is 284 g/mol. The van der Waals surface area contributed by atoms with Crippen molar-refractivity contribution in [1.82, 2.24) is 4.72 Å². The summed E-state index contributed by atoms with van der Waals surface area (Å²) < 4.78 is 27.7. The van der Waals surface area contributed by atoms with Crippen LogP contribution in [-0.4, -0.2) is 14.5 Å². The summed E-state index contributed by atoms with van der Waals surface area (Å²) >= 11 is 0. The van der Waals surface area contributed by atoms with Crippen molar-refractivity contribution < 1.29 is 8.42 Å². The van der Waals surface area contributed by atoms with Crippen LogP contribution in [0.5, 0.6) is 0 Å². The topological polar surface area (TPSA) is 72.2 Å². The number of rotatable bonds is 5. The summed E-state index contributed by atoms with van der Waals surface area (Å²) in [5.74, 6) is 0.0322. The summed E-state index contributed by atoms with van der Waals surface area (Å²) in [5.41, 5.74) is 7.40. The van der Waals surface area contributed by atoms with E-state index in [0.29, 0.717) is 6.54 Å². The number of hydrogen-bond acceptors (Lipinski definition) is 3. The van der Waals surface area contributed by atoms with Crippen LogP contribution in [0.2, 0.25) is 0 Å². The van der Waals surface area contributed by atoms with E-state index in [-0.39, 0.29) is 17.2 Å². The minimum atomic E-state index is -3.31. The molecule has 0 heterocycles. The number of nitrogens with two attached hydrogens (primary N) is 1. The van der Waals surface area contributed by atoms with Gasteiger partial charge in [-0.3, -0.25) is 0 Å². The predicted octanol–water partition coefficient (Wildman–Crippen LogP) is 2.53. The maximum atomic E-state index is 12.4. The molecule has 0 aliphatic heterocycles. The number of hydrogen-bond donors (Lipinski definition) is 2. The maximum absolute atomic E-state index is 12.4. The molecule has 1 atom stereocenters. The van der Waals surface area contributed by atoms with Crippen LogP contribution in [0.15, 0.2) is 24.3 Å². The molecule has 0 saturated heterocycles. The van der Waals surface area contributed by atoms with Gasteiger partial charge in [-0.1, -0.05) is 51.0 Å². The molecule has 21 heavy (non-hydrogen) atoms. The van der Waals surface area contributed by atoms with Crippen LogP contribution >= 0.6 is 0 Å². The average Bonchev–Trinajstić information content (AvgIpc) is 2.41. The summed E-state index contributed by atoms with van der Waals surface area (Å²) in [6, 6.07) is 7.49. The van der Waals surface area contributed by atoms with Crippen LogP contribution in [0, 0.1) is 5.41 Å². The van der Waals surface area contributed by atoms with Gasteiger partial charge >= 0.3 is 0 Å². The third-order valence-electron chi connectivity index (χ3n) is 4.44. The lowest BCUT2D eigenvalue weighted by atomic mass is 9.74. The SMILES string of the molecule is CC1(C)CCCCC1NS(=O)(=O)Cc1ccc(CN)cc1. The normalized spacial score (nSPS) is 22.1. The van der Waals surface area contributed by atoms with Crippen LogP contribution in [0.1, 0.15) is 50.7 Å². The Balaban J connectivity index is 2.04. The lowest BCUT2D eigenvalue weighted by molar-refractivity contribution is 0.188. The van der Waals surface area contributed by atoms with Crippen molar-refractivity contribution in [3.63, 3.8) is 0 Å². The molecule has 0 radical (unpaired) electrons. The van der Waals surface area contributed by atoms with E-state index in [1.54, 1.807) is 0 Å². The Morgan fingerprint density at radius 2 is 1.81 bits per heavy atom. The second-order valence-electron chi connectivity index (χ2n) is 6.68. The van der Waals surface area contributed by atoms with Gasteiger partial charge in [-0.05, 0) is 29.4 Å². The molecule has 2 rings (SSSR count). The Labute approximate surface area is 128 Å². The van der Waals surface area contributed by atoms with E-state index < -0.39 is 10.0 Å². The molecule has 0 amide bonds. The van der Waals surface area contributed by atoms with Gasteiger partial charge in [0.25, 0.3) is 0 Å². The van der Waals surface area contributed by atoms with Gasteiger partial charge in [-0.25, -0.2) is 13.1 Å². The summed E-state index contributed by atoms with van der Waals surface area (Å²) in [6.45, 7) is 4.77. The van der Waals surface area contributed by atoms with Crippen molar-refractivity contribution in [1.29, 1.82) is 0 Å². The number of benzene rings is 1. The smallest absolute Gasteiger partial charge is 0.216 e. The molecule has 0 aromatic heterocycles. The Kier molecular flexibility index (Phi) is 5.07. The molecule has 0 bridgehead atoms. The van der Waals surface area contributed by atoms with E-state index in [1.165, 1.54) is 6.42 Å². The van der Waals surface area contributed by atoms with Gasteiger partial charge in [0.2, 0.25) is 10.0 Å². The Bertz CT molecular complexity index is 564.